The summed E-state index contributed by atoms with van der Waals surface area (Å²) in [4.78, 5) is 29.0. The first-order valence-electron chi connectivity index (χ1n) is 7.07. The molecule has 2 heterocycles. The van der Waals surface area contributed by atoms with Crippen molar-refractivity contribution >= 4 is 27.9 Å². The van der Waals surface area contributed by atoms with Gasteiger partial charge in [0.2, 0.25) is 0 Å². The molecule has 2 N–H and O–H groups in total. The minimum absolute atomic E-state index is 0.238. The molecular weight excluding hydrogens is 388 g/mol. The third-order valence-electron chi connectivity index (χ3n) is 3.05. The maximum Gasteiger partial charge on any atom is 0.335 e. The highest BCUT2D eigenvalue weighted by Gasteiger charge is 2.05. The van der Waals surface area contributed by atoms with E-state index in [1.165, 1.54) is 30.6 Å². The van der Waals surface area contributed by atoms with E-state index in [4.69, 9.17) is 10.2 Å². The van der Waals surface area contributed by atoms with Gasteiger partial charge in [0.05, 0.1) is 16.8 Å². The lowest BCUT2D eigenvalue weighted by Gasteiger charge is -2.00. The van der Waals surface area contributed by atoms with E-state index < -0.39 is 11.9 Å². The highest BCUT2D eigenvalue weighted by atomic mass is 79.9. The Balaban J connectivity index is 0.000000196. The van der Waals surface area contributed by atoms with Crippen LogP contribution in [0.1, 0.15) is 20.7 Å². The van der Waals surface area contributed by atoms with Crippen molar-refractivity contribution in [1.29, 1.82) is 0 Å². The predicted octanol–water partition coefficient (Wildman–Crippen LogP) is 3.99. The second-order valence-corrected chi connectivity index (χ2v) is 5.59. The van der Waals surface area contributed by atoms with Crippen LogP contribution in [0.15, 0.2) is 71.6 Å². The molecule has 6 nitrogen and oxygen atoms in total. The van der Waals surface area contributed by atoms with Crippen LogP contribution in [0.2, 0.25) is 0 Å². The van der Waals surface area contributed by atoms with Crippen molar-refractivity contribution in [3.63, 3.8) is 0 Å². The number of carbonyl (C=O) groups is 2. The Morgan fingerprint density at radius 2 is 1.36 bits per heavy atom. The number of benzene rings is 1. The van der Waals surface area contributed by atoms with E-state index >= 15 is 0 Å². The molecular formula is C18H13BrN2O4. The molecule has 3 rings (SSSR count). The second-order valence-electron chi connectivity index (χ2n) is 4.77. The fourth-order valence-electron chi connectivity index (χ4n) is 1.87. The van der Waals surface area contributed by atoms with Gasteiger partial charge in [-0.05, 0) is 40.2 Å². The van der Waals surface area contributed by atoms with Crippen molar-refractivity contribution < 1.29 is 19.8 Å². The molecule has 7 heteroatoms. The van der Waals surface area contributed by atoms with Crippen LogP contribution in [0, 0.1) is 0 Å². The number of hydrogen-bond donors (Lipinski definition) is 2. The Morgan fingerprint density at radius 3 is 1.88 bits per heavy atom. The zero-order valence-corrected chi connectivity index (χ0v) is 14.4. The molecule has 0 aliphatic rings. The van der Waals surface area contributed by atoms with Gasteiger partial charge in [-0.15, -0.1) is 0 Å². The molecule has 0 amide bonds. The Bertz CT molecular complexity index is 885. The van der Waals surface area contributed by atoms with Gasteiger partial charge in [-0.1, -0.05) is 30.3 Å². The second kappa shape index (κ2) is 8.70. The lowest BCUT2D eigenvalue weighted by Crippen LogP contribution is -1.97. The molecule has 0 radical (unpaired) electrons. The van der Waals surface area contributed by atoms with Gasteiger partial charge in [0.1, 0.15) is 4.60 Å². The van der Waals surface area contributed by atoms with Gasteiger partial charge in [-0.3, -0.25) is 4.98 Å². The number of hydrogen-bond acceptors (Lipinski definition) is 4. The molecule has 0 bridgehead atoms. The molecule has 2 aromatic heterocycles. The van der Waals surface area contributed by atoms with Crippen LogP contribution in [-0.4, -0.2) is 32.1 Å². The summed E-state index contributed by atoms with van der Waals surface area (Å²) in [6.45, 7) is 0. The SMILES string of the molecule is O=C(O)c1ccnc(-c2ccccc2)c1.O=C(O)c1ccnc(Br)c1. The largest absolute Gasteiger partial charge is 0.478 e. The fraction of sp³-hybridized carbons (Fsp3) is 0. The fourth-order valence-corrected chi connectivity index (χ4v) is 2.23. The Labute approximate surface area is 151 Å². The van der Waals surface area contributed by atoms with Crippen molar-refractivity contribution in [2.45, 2.75) is 0 Å². The Morgan fingerprint density at radius 1 is 0.800 bits per heavy atom. The van der Waals surface area contributed by atoms with Gasteiger partial charge in [0.15, 0.2) is 0 Å². The molecule has 1 aromatic carbocycles. The molecule has 0 unspecified atom stereocenters. The minimum Gasteiger partial charge on any atom is -0.478 e. The summed E-state index contributed by atoms with van der Waals surface area (Å²) in [6.07, 6.45) is 2.94. The molecule has 25 heavy (non-hydrogen) atoms. The van der Waals surface area contributed by atoms with Crippen LogP contribution < -0.4 is 0 Å². The topological polar surface area (TPSA) is 100 Å². The zero-order valence-electron chi connectivity index (χ0n) is 12.8. The number of carboxylic acid groups (broad SMARTS) is 2. The third kappa shape index (κ3) is 5.50. The van der Waals surface area contributed by atoms with Crippen molar-refractivity contribution in [3.05, 3.63) is 82.7 Å². The lowest BCUT2D eigenvalue weighted by molar-refractivity contribution is 0.0686. The smallest absolute Gasteiger partial charge is 0.335 e. The monoisotopic (exact) mass is 400 g/mol. The molecule has 0 fully saturated rings. The minimum atomic E-state index is -0.942. The summed E-state index contributed by atoms with van der Waals surface area (Å²) in [7, 11) is 0. The van der Waals surface area contributed by atoms with E-state index in [1.807, 2.05) is 30.3 Å². The van der Waals surface area contributed by atoms with E-state index in [1.54, 1.807) is 6.07 Å². The number of carboxylic acids is 2. The van der Waals surface area contributed by atoms with E-state index in [2.05, 4.69) is 25.9 Å². The van der Waals surface area contributed by atoms with Gasteiger partial charge in [-0.2, -0.15) is 0 Å². The van der Waals surface area contributed by atoms with Crippen LogP contribution in [-0.2, 0) is 0 Å². The van der Waals surface area contributed by atoms with E-state index in [9.17, 15) is 9.59 Å². The van der Waals surface area contributed by atoms with Crippen LogP contribution in [0.5, 0.6) is 0 Å². The van der Waals surface area contributed by atoms with Gasteiger partial charge in [0.25, 0.3) is 0 Å². The van der Waals surface area contributed by atoms with E-state index in [0.29, 0.717) is 10.3 Å². The van der Waals surface area contributed by atoms with Crippen LogP contribution in [0.25, 0.3) is 11.3 Å². The summed E-state index contributed by atoms with van der Waals surface area (Å²) >= 11 is 3.06. The van der Waals surface area contributed by atoms with Crippen molar-refractivity contribution in [2.75, 3.05) is 0 Å². The molecule has 0 atom stereocenters. The number of aromatic carboxylic acids is 2. The molecule has 0 aliphatic carbocycles. The van der Waals surface area contributed by atoms with E-state index in [-0.39, 0.29) is 11.1 Å². The average Bonchev–Trinajstić information content (AvgIpc) is 2.63. The van der Waals surface area contributed by atoms with Crippen LogP contribution >= 0.6 is 15.9 Å². The maximum absolute atomic E-state index is 10.8. The predicted molar refractivity (Wildman–Crippen MR) is 95.5 cm³/mol. The number of pyridine rings is 2. The number of halogens is 1. The molecule has 3 aromatic rings. The summed E-state index contributed by atoms with van der Waals surface area (Å²) in [5, 5.41) is 17.3. The van der Waals surface area contributed by atoms with Gasteiger partial charge in [0, 0.05) is 18.0 Å². The van der Waals surface area contributed by atoms with Crippen molar-refractivity contribution in [1.82, 2.24) is 9.97 Å². The van der Waals surface area contributed by atoms with Gasteiger partial charge in [-0.25, -0.2) is 14.6 Å². The molecule has 0 saturated heterocycles. The summed E-state index contributed by atoms with van der Waals surface area (Å²) < 4.78 is 0.535. The molecule has 126 valence electrons. The lowest BCUT2D eigenvalue weighted by atomic mass is 10.1. The highest BCUT2D eigenvalue weighted by Crippen LogP contribution is 2.16. The maximum atomic E-state index is 10.8. The number of aromatic nitrogens is 2. The van der Waals surface area contributed by atoms with E-state index in [0.717, 1.165) is 5.56 Å². The van der Waals surface area contributed by atoms with Crippen LogP contribution in [0.3, 0.4) is 0 Å². The third-order valence-corrected chi connectivity index (χ3v) is 3.48. The summed E-state index contributed by atoms with van der Waals surface area (Å²) in [6, 6.07) is 15.4. The number of nitrogens with zero attached hydrogens (tertiary/aromatic N) is 2. The zero-order chi connectivity index (χ0) is 18.2. The average molecular weight is 401 g/mol. The summed E-state index contributed by atoms with van der Waals surface area (Å²) in [5.41, 5.74) is 2.09. The Hall–Kier alpha value is -3.06. The first kappa shape index (κ1) is 18.3. The first-order chi connectivity index (χ1) is 12.0. The van der Waals surface area contributed by atoms with Gasteiger partial charge >= 0.3 is 11.9 Å². The highest BCUT2D eigenvalue weighted by molar-refractivity contribution is 9.10. The molecule has 0 saturated carbocycles. The van der Waals surface area contributed by atoms with Crippen molar-refractivity contribution in [3.8, 4) is 11.3 Å². The van der Waals surface area contributed by atoms with Crippen molar-refractivity contribution in [2.24, 2.45) is 0 Å². The summed E-state index contributed by atoms with van der Waals surface area (Å²) in [5.74, 6) is -1.88. The molecule has 0 aliphatic heterocycles. The first-order valence-corrected chi connectivity index (χ1v) is 7.86. The number of rotatable bonds is 3. The standard InChI is InChI=1S/C12H9NO2.C6H4BrNO2/c14-12(15)10-6-7-13-11(8-10)9-4-2-1-3-5-9;7-5-3-4(6(9)10)1-2-8-5/h1-8H,(H,14,15);1-3H,(H,9,10). The Kier molecular flexibility index (Phi) is 6.36. The quantitative estimate of drug-likeness (QED) is 0.644. The van der Waals surface area contributed by atoms with Crippen LogP contribution in [0.4, 0.5) is 0 Å². The normalized spacial score (nSPS) is 9.64. The van der Waals surface area contributed by atoms with Gasteiger partial charge < -0.3 is 10.2 Å². The molecule has 0 spiro atoms.